The zero-order chi connectivity index (χ0) is 7.71. The molecule has 0 fully saturated rings. The van der Waals surface area contributed by atoms with Gasteiger partial charge in [-0.1, -0.05) is 0 Å². The fourth-order valence-corrected chi connectivity index (χ4v) is 1.25. The van der Waals surface area contributed by atoms with E-state index in [4.69, 9.17) is 19.6 Å². The SMILES string of the molecule is O=P(O)(O)OP(=O)(O)O.[H-].[H-].[Na+].[Na+]. The summed E-state index contributed by atoms with van der Waals surface area (Å²) in [6, 6.07) is 0. The van der Waals surface area contributed by atoms with Crippen LogP contribution >= 0.6 is 15.6 Å². The molecule has 0 aliphatic rings. The van der Waals surface area contributed by atoms with Crippen molar-refractivity contribution in [3.63, 3.8) is 0 Å². The molecule has 0 amide bonds. The van der Waals surface area contributed by atoms with Gasteiger partial charge in [-0.25, -0.2) is 9.13 Å². The minimum absolute atomic E-state index is 0. The van der Waals surface area contributed by atoms with Crippen molar-refractivity contribution in [3.05, 3.63) is 0 Å². The van der Waals surface area contributed by atoms with Crippen molar-refractivity contribution in [2.45, 2.75) is 0 Å². The Morgan fingerprint density at radius 2 is 1.09 bits per heavy atom. The molecule has 7 nitrogen and oxygen atoms in total. The summed E-state index contributed by atoms with van der Waals surface area (Å²) in [5, 5.41) is 0. The maximum Gasteiger partial charge on any atom is 1.00 e. The van der Waals surface area contributed by atoms with E-state index in [-0.39, 0.29) is 62.0 Å². The van der Waals surface area contributed by atoms with Gasteiger partial charge in [-0.05, 0) is 0 Å². The second-order valence-corrected chi connectivity index (χ2v) is 3.68. The van der Waals surface area contributed by atoms with Gasteiger partial charge in [-0.15, -0.1) is 0 Å². The summed E-state index contributed by atoms with van der Waals surface area (Å²) in [6.07, 6.45) is 0. The molecule has 11 heteroatoms. The molecule has 4 N–H and O–H groups in total. The van der Waals surface area contributed by atoms with Gasteiger partial charge in [0, 0.05) is 0 Å². The predicted octanol–water partition coefficient (Wildman–Crippen LogP) is -6.58. The molecular formula is H6Na2O7P2. The van der Waals surface area contributed by atoms with Crippen molar-refractivity contribution in [2.75, 3.05) is 0 Å². The summed E-state index contributed by atoms with van der Waals surface area (Å²) < 4.78 is 22.2. The standard InChI is InChI=1S/2Na.H4O7P2.2H/c;;1-8(2,3)7-9(4,5)6;;/h;;(H2,1,2,3)(H2,4,5,6);;/q2*+1;;2*-1. The van der Waals surface area contributed by atoms with E-state index in [1.165, 1.54) is 0 Å². The zero-order valence-corrected chi connectivity index (χ0v) is 11.7. The van der Waals surface area contributed by atoms with Crippen LogP contribution in [0.4, 0.5) is 0 Å². The van der Waals surface area contributed by atoms with Gasteiger partial charge in [-0.2, -0.15) is 4.31 Å². The molecule has 0 heterocycles. The molecule has 11 heavy (non-hydrogen) atoms. The normalized spacial score (nSPS) is 11.3. The van der Waals surface area contributed by atoms with Crippen molar-refractivity contribution in [3.8, 4) is 0 Å². The second-order valence-electron chi connectivity index (χ2n) is 1.06. The maximum absolute atomic E-state index is 9.63. The van der Waals surface area contributed by atoms with Gasteiger partial charge >= 0.3 is 74.8 Å². The van der Waals surface area contributed by atoms with Crippen molar-refractivity contribution < 1.29 is 95.0 Å². The van der Waals surface area contributed by atoms with Crippen LogP contribution in [0.3, 0.4) is 0 Å². The molecular weight excluding hydrogens is 220 g/mol. The van der Waals surface area contributed by atoms with E-state index in [2.05, 4.69) is 4.31 Å². The topological polar surface area (TPSA) is 124 Å². The number of hydrogen-bond acceptors (Lipinski definition) is 3. The first kappa shape index (κ1) is 18.9. The van der Waals surface area contributed by atoms with Gasteiger partial charge < -0.3 is 22.4 Å². The van der Waals surface area contributed by atoms with Gasteiger partial charge in [0.2, 0.25) is 0 Å². The number of rotatable bonds is 2. The van der Waals surface area contributed by atoms with E-state index in [0.717, 1.165) is 0 Å². The molecule has 0 aromatic heterocycles. The van der Waals surface area contributed by atoms with Crippen molar-refractivity contribution in [2.24, 2.45) is 0 Å². The molecule has 0 atom stereocenters. The molecule has 0 rings (SSSR count). The van der Waals surface area contributed by atoms with E-state index in [0.29, 0.717) is 0 Å². The van der Waals surface area contributed by atoms with Crippen molar-refractivity contribution in [1.82, 2.24) is 0 Å². The number of hydrogen-bond donors (Lipinski definition) is 4. The molecule has 0 aliphatic heterocycles. The summed E-state index contributed by atoms with van der Waals surface area (Å²) in [5.41, 5.74) is 0. The van der Waals surface area contributed by atoms with E-state index < -0.39 is 15.6 Å². The Morgan fingerprint density at radius 1 is 0.909 bits per heavy atom. The van der Waals surface area contributed by atoms with Gasteiger partial charge in [0.1, 0.15) is 0 Å². The smallest absolute Gasteiger partial charge is 1.00 e. The van der Waals surface area contributed by atoms with E-state index in [1.807, 2.05) is 0 Å². The van der Waals surface area contributed by atoms with Crippen molar-refractivity contribution >= 4 is 15.6 Å². The Bertz CT molecular complexity index is 163. The van der Waals surface area contributed by atoms with Crippen LogP contribution < -0.4 is 59.1 Å². The molecule has 60 valence electrons. The summed E-state index contributed by atoms with van der Waals surface area (Å²) in [4.78, 5) is 31.0. The quantitative estimate of drug-likeness (QED) is 0.272. The molecule has 0 saturated heterocycles. The molecule has 0 unspecified atom stereocenters. The fraction of sp³-hybridized carbons (Fsp3) is 0. The third kappa shape index (κ3) is 18.9. The van der Waals surface area contributed by atoms with Gasteiger partial charge in [0.15, 0.2) is 0 Å². The third-order valence-electron chi connectivity index (χ3n) is 0.213. The Morgan fingerprint density at radius 3 is 1.09 bits per heavy atom. The minimum atomic E-state index is -5.05. The first-order chi connectivity index (χ1) is 3.71. The molecule has 0 bridgehead atoms. The Hall–Kier alpha value is 2.26. The fourth-order valence-electron chi connectivity index (χ4n) is 0.139. The Labute approximate surface area is 110 Å². The van der Waals surface area contributed by atoms with Crippen molar-refractivity contribution in [1.29, 1.82) is 0 Å². The van der Waals surface area contributed by atoms with Crippen LogP contribution in [0.2, 0.25) is 0 Å². The molecule has 0 saturated carbocycles. The summed E-state index contributed by atoms with van der Waals surface area (Å²) >= 11 is 0. The zero-order valence-electron chi connectivity index (χ0n) is 7.91. The molecule has 0 aromatic rings. The molecule has 0 aliphatic carbocycles. The Balaban J connectivity index is -0.0000000533. The second kappa shape index (κ2) is 6.68. The Kier molecular flexibility index (Phi) is 11.5. The average Bonchev–Trinajstić information content (AvgIpc) is 1.14. The third-order valence-corrected chi connectivity index (χ3v) is 1.91. The number of phosphoric acid groups is 2. The van der Waals surface area contributed by atoms with E-state index in [9.17, 15) is 9.13 Å². The summed E-state index contributed by atoms with van der Waals surface area (Å²) in [6.45, 7) is 0. The van der Waals surface area contributed by atoms with Gasteiger partial charge in [0.05, 0.1) is 0 Å². The van der Waals surface area contributed by atoms with Gasteiger partial charge in [-0.3, -0.25) is 0 Å². The largest absolute Gasteiger partial charge is 1.00 e. The van der Waals surface area contributed by atoms with Crippen LogP contribution in [-0.4, -0.2) is 19.6 Å². The van der Waals surface area contributed by atoms with Crippen LogP contribution in [0.1, 0.15) is 2.85 Å². The molecule has 0 spiro atoms. The van der Waals surface area contributed by atoms with E-state index in [1.54, 1.807) is 0 Å². The summed E-state index contributed by atoms with van der Waals surface area (Å²) in [7, 11) is -10.1. The van der Waals surface area contributed by atoms with Crippen LogP contribution in [0.15, 0.2) is 0 Å². The molecule has 0 aromatic carbocycles. The maximum atomic E-state index is 9.63. The van der Waals surface area contributed by atoms with Crippen LogP contribution in [0, 0.1) is 0 Å². The average molecular weight is 226 g/mol. The summed E-state index contributed by atoms with van der Waals surface area (Å²) in [5.74, 6) is 0. The first-order valence-electron chi connectivity index (χ1n) is 1.53. The van der Waals surface area contributed by atoms with Crippen LogP contribution in [0.25, 0.3) is 0 Å². The molecule has 0 radical (unpaired) electrons. The first-order valence-corrected chi connectivity index (χ1v) is 4.59. The van der Waals surface area contributed by atoms with Gasteiger partial charge in [0.25, 0.3) is 0 Å². The minimum Gasteiger partial charge on any atom is -1.00 e. The van der Waals surface area contributed by atoms with Crippen LogP contribution in [0.5, 0.6) is 0 Å². The predicted molar refractivity (Wildman–Crippen MR) is 27.4 cm³/mol. The van der Waals surface area contributed by atoms with E-state index >= 15 is 0 Å². The van der Waals surface area contributed by atoms with Crippen LogP contribution in [-0.2, 0) is 13.4 Å². The monoisotopic (exact) mass is 226 g/mol.